The Morgan fingerprint density at radius 2 is 1.93 bits per heavy atom. The topological polar surface area (TPSA) is 19.0 Å². The molecule has 0 unspecified atom stereocenters. The molecule has 0 bridgehead atoms. The van der Waals surface area contributed by atoms with E-state index in [-0.39, 0.29) is 0 Å². The molecule has 0 spiro atoms. The van der Waals surface area contributed by atoms with Gasteiger partial charge in [-0.15, -0.1) is 0 Å². The van der Waals surface area contributed by atoms with Gasteiger partial charge < -0.3 is 9.88 Å². The lowest BCUT2D eigenvalue weighted by Gasteiger charge is -2.08. The fraction of sp³-hybridized carbons (Fsp3) is 0.600. The second-order valence-electron chi connectivity index (χ2n) is 3.76. The first-order valence-electron chi connectivity index (χ1n) is 4.69. The molecule has 80 valence electrons. The fourth-order valence-electron chi connectivity index (χ4n) is 1.35. The lowest BCUT2D eigenvalue weighted by Crippen LogP contribution is -2.13. The van der Waals surface area contributed by atoms with Crippen LogP contribution in [0.25, 0.3) is 0 Å². The molecule has 1 N–H and O–H groups in total. The van der Waals surface area contributed by atoms with Crippen LogP contribution in [0.5, 0.6) is 0 Å². The van der Waals surface area contributed by atoms with Gasteiger partial charge in [0.1, 0.15) is 0 Å². The van der Waals surface area contributed by atoms with Gasteiger partial charge in [-0.05, 0) is 91.2 Å². The summed E-state index contributed by atoms with van der Waals surface area (Å²) in [5, 5.41) is 0. The molecule has 1 rings (SSSR count). The number of aromatic nitrogens is 1. The van der Waals surface area contributed by atoms with E-state index in [9.17, 15) is 0 Å². The van der Waals surface area contributed by atoms with Crippen LogP contribution in [-0.4, -0.2) is 30.5 Å². The smallest absolute Gasteiger partial charge is 0.0814 e. The molecule has 0 aliphatic carbocycles. The van der Waals surface area contributed by atoms with Gasteiger partial charge in [0.2, 0.25) is 0 Å². The zero-order chi connectivity index (χ0) is 10.7. The average Bonchev–Trinajstić information content (AvgIpc) is 2.33. The summed E-state index contributed by atoms with van der Waals surface area (Å²) < 4.78 is 2.69. The van der Waals surface area contributed by atoms with Crippen molar-refractivity contribution in [2.75, 3.05) is 20.6 Å². The summed E-state index contributed by atoms with van der Waals surface area (Å²) in [4.78, 5) is 5.68. The number of hydrogen-bond acceptors (Lipinski definition) is 1. The van der Waals surface area contributed by atoms with Gasteiger partial charge in [-0.3, -0.25) is 0 Å². The summed E-state index contributed by atoms with van der Waals surface area (Å²) in [6, 6.07) is 0. The Labute approximate surface area is 113 Å². The van der Waals surface area contributed by atoms with Crippen molar-refractivity contribution >= 4 is 45.2 Å². The summed E-state index contributed by atoms with van der Waals surface area (Å²) in [5.74, 6) is 0. The first-order valence-corrected chi connectivity index (χ1v) is 6.85. The van der Waals surface area contributed by atoms with Crippen LogP contribution >= 0.6 is 45.2 Å². The second kappa shape index (κ2) is 5.69. The third kappa shape index (κ3) is 3.37. The van der Waals surface area contributed by atoms with Crippen LogP contribution in [0.2, 0.25) is 0 Å². The monoisotopic (exact) mass is 418 g/mol. The van der Waals surface area contributed by atoms with Gasteiger partial charge in [-0.2, -0.15) is 0 Å². The highest BCUT2D eigenvalue weighted by atomic mass is 127. The largest absolute Gasteiger partial charge is 0.353 e. The molecule has 0 saturated heterocycles. The fourth-order valence-corrected chi connectivity index (χ4v) is 3.13. The van der Waals surface area contributed by atoms with E-state index in [4.69, 9.17) is 0 Å². The molecule has 1 heterocycles. The van der Waals surface area contributed by atoms with Gasteiger partial charge in [0.25, 0.3) is 0 Å². The molecule has 1 aromatic heterocycles. The molecule has 2 nitrogen and oxygen atoms in total. The van der Waals surface area contributed by atoms with E-state index in [0.29, 0.717) is 0 Å². The van der Waals surface area contributed by atoms with Crippen molar-refractivity contribution in [3.8, 4) is 0 Å². The molecule has 4 heteroatoms. The molecule has 0 aromatic carbocycles. The predicted molar refractivity (Wildman–Crippen MR) is 77.8 cm³/mol. The molecule has 0 radical (unpaired) electrons. The highest BCUT2D eigenvalue weighted by Crippen LogP contribution is 2.22. The predicted octanol–water partition coefficient (Wildman–Crippen LogP) is 3.03. The quantitative estimate of drug-likeness (QED) is 0.746. The lowest BCUT2D eigenvalue weighted by molar-refractivity contribution is 0.399. The number of nitrogens with one attached hydrogen (secondary N) is 1. The van der Waals surface area contributed by atoms with E-state index in [1.807, 2.05) is 0 Å². The van der Waals surface area contributed by atoms with Crippen LogP contribution in [0.3, 0.4) is 0 Å². The molecule has 0 fully saturated rings. The van der Waals surface area contributed by atoms with E-state index < -0.39 is 0 Å². The first kappa shape index (κ1) is 12.8. The maximum Gasteiger partial charge on any atom is 0.0814 e. The molecule has 0 atom stereocenters. The zero-order valence-corrected chi connectivity index (χ0v) is 13.1. The number of aryl methyl sites for hydroxylation is 1. The second-order valence-corrected chi connectivity index (χ2v) is 5.92. The first-order chi connectivity index (χ1) is 6.52. The number of hydrogen-bond donors (Lipinski definition) is 1. The van der Waals surface area contributed by atoms with Crippen molar-refractivity contribution in [1.29, 1.82) is 0 Å². The summed E-state index contributed by atoms with van der Waals surface area (Å²) in [6.07, 6.45) is 2.37. The minimum Gasteiger partial charge on any atom is -0.353 e. The van der Waals surface area contributed by atoms with Gasteiger partial charge in [0.15, 0.2) is 0 Å². The Morgan fingerprint density at radius 3 is 2.36 bits per heavy atom. The van der Waals surface area contributed by atoms with Crippen molar-refractivity contribution in [2.45, 2.75) is 19.8 Å². The third-order valence-corrected chi connectivity index (χ3v) is 4.76. The summed E-state index contributed by atoms with van der Waals surface area (Å²) in [6.45, 7) is 3.33. The number of aromatic amines is 1. The Kier molecular flexibility index (Phi) is 5.19. The number of nitrogens with zero attached hydrogens (tertiary/aromatic N) is 1. The van der Waals surface area contributed by atoms with Crippen molar-refractivity contribution < 1.29 is 0 Å². The Balaban J connectivity index is 2.55. The molecule has 1 aromatic rings. The zero-order valence-electron chi connectivity index (χ0n) is 8.82. The molecule has 0 saturated carbocycles. The summed E-state index contributed by atoms with van der Waals surface area (Å²) >= 11 is 4.80. The van der Waals surface area contributed by atoms with E-state index in [1.165, 1.54) is 24.9 Å². The summed E-state index contributed by atoms with van der Waals surface area (Å²) in [7, 11) is 4.24. The molecular formula is C10H16I2N2. The van der Waals surface area contributed by atoms with Crippen LogP contribution in [0.1, 0.15) is 17.7 Å². The Bertz CT molecular complexity index is 305. The minimum absolute atomic E-state index is 1.15. The van der Waals surface area contributed by atoms with Crippen molar-refractivity contribution in [3.63, 3.8) is 0 Å². The molecule has 0 amide bonds. The van der Waals surface area contributed by atoms with Crippen molar-refractivity contribution in [3.05, 3.63) is 18.5 Å². The Hall–Kier alpha value is 0.700. The maximum absolute atomic E-state index is 3.45. The third-order valence-electron chi connectivity index (χ3n) is 2.22. The van der Waals surface area contributed by atoms with Crippen LogP contribution in [0.4, 0.5) is 0 Å². The van der Waals surface area contributed by atoms with Gasteiger partial charge in [0, 0.05) is 9.26 Å². The van der Waals surface area contributed by atoms with Crippen LogP contribution in [0.15, 0.2) is 0 Å². The molecule has 14 heavy (non-hydrogen) atoms. The van der Waals surface area contributed by atoms with Crippen molar-refractivity contribution in [2.24, 2.45) is 0 Å². The van der Waals surface area contributed by atoms with Gasteiger partial charge in [-0.25, -0.2) is 0 Å². The van der Waals surface area contributed by atoms with Crippen molar-refractivity contribution in [1.82, 2.24) is 9.88 Å². The summed E-state index contributed by atoms with van der Waals surface area (Å²) in [5.41, 5.74) is 2.79. The minimum atomic E-state index is 1.15. The molecule has 0 aliphatic rings. The normalized spacial score (nSPS) is 11.3. The maximum atomic E-state index is 3.45. The SMILES string of the molecule is Cc1c(I)[nH]c(CCCN(C)C)c1I. The number of rotatable bonds is 4. The van der Waals surface area contributed by atoms with E-state index >= 15 is 0 Å². The van der Waals surface area contributed by atoms with Crippen LogP contribution < -0.4 is 0 Å². The van der Waals surface area contributed by atoms with Crippen LogP contribution in [-0.2, 0) is 6.42 Å². The van der Waals surface area contributed by atoms with E-state index in [2.05, 4.69) is 76.1 Å². The highest BCUT2D eigenvalue weighted by molar-refractivity contribution is 14.1. The Morgan fingerprint density at radius 1 is 1.29 bits per heavy atom. The molecule has 0 aliphatic heterocycles. The van der Waals surface area contributed by atoms with Gasteiger partial charge >= 0.3 is 0 Å². The molecular weight excluding hydrogens is 402 g/mol. The number of halogens is 2. The van der Waals surface area contributed by atoms with Crippen LogP contribution in [0, 0.1) is 14.2 Å². The number of H-pyrrole nitrogens is 1. The van der Waals surface area contributed by atoms with E-state index in [0.717, 1.165) is 13.0 Å². The highest BCUT2D eigenvalue weighted by Gasteiger charge is 2.09. The van der Waals surface area contributed by atoms with E-state index in [1.54, 1.807) is 0 Å². The lowest BCUT2D eigenvalue weighted by atomic mass is 10.2. The van der Waals surface area contributed by atoms with Gasteiger partial charge in [0.05, 0.1) is 3.70 Å². The van der Waals surface area contributed by atoms with Gasteiger partial charge in [-0.1, -0.05) is 0 Å². The standard InChI is InChI=1S/C10H16I2N2/c1-7-9(11)8(13-10(7)12)5-4-6-14(2)3/h13H,4-6H2,1-3H3. The average molecular weight is 418 g/mol.